The van der Waals surface area contributed by atoms with Gasteiger partial charge in [0.25, 0.3) is 5.91 Å². The lowest BCUT2D eigenvalue weighted by molar-refractivity contribution is 0.0951. The van der Waals surface area contributed by atoms with Crippen LogP contribution in [-0.2, 0) is 0 Å². The highest BCUT2D eigenvalue weighted by atomic mass is 19.1. The first-order valence-electron chi connectivity index (χ1n) is 13.1. The number of halogens is 1. The third-order valence-electron chi connectivity index (χ3n) is 7.30. The number of unbranched alkanes of at least 4 members (excludes halogenated alkanes) is 1. The number of aliphatic imine (C=N–C) groups is 1. The number of carbonyl (C=O) groups is 1. The lowest BCUT2D eigenvalue weighted by Crippen LogP contribution is -2.31. The average Bonchev–Trinajstić information content (AvgIpc) is 3.45. The number of hydrogen-bond acceptors (Lipinski definition) is 5. The maximum absolute atomic E-state index is 15.7. The van der Waals surface area contributed by atoms with Gasteiger partial charge in [0.1, 0.15) is 16.8 Å². The summed E-state index contributed by atoms with van der Waals surface area (Å²) in [5.74, 6) is -0.202. The zero-order valence-electron chi connectivity index (χ0n) is 21.4. The van der Waals surface area contributed by atoms with Crippen molar-refractivity contribution in [3.05, 3.63) is 70.3 Å². The predicted molar refractivity (Wildman–Crippen MR) is 151 cm³/mol. The number of nitrogens with two attached hydrogens (primary N) is 2. The SMILES string of the molecule is NC(N)=NCCCCNC(=O)c1cn2c3c(c(N4CCCC4)c(F)cc3c1=O)Oc1cc3ccccc3cc1-2. The first-order chi connectivity index (χ1) is 18.9. The van der Waals surface area contributed by atoms with Gasteiger partial charge < -0.3 is 31.0 Å². The molecule has 0 spiro atoms. The maximum Gasteiger partial charge on any atom is 0.256 e. The van der Waals surface area contributed by atoms with Crippen molar-refractivity contribution in [3.63, 3.8) is 0 Å². The number of amides is 1. The minimum atomic E-state index is -0.541. The first-order valence-corrected chi connectivity index (χ1v) is 13.1. The van der Waals surface area contributed by atoms with Gasteiger partial charge in [0, 0.05) is 32.4 Å². The number of nitrogens with one attached hydrogen (secondary N) is 1. The van der Waals surface area contributed by atoms with Crippen LogP contribution >= 0.6 is 0 Å². The van der Waals surface area contributed by atoms with Crippen molar-refractivity contribution in [2.75, 3.05) is 31.1 Å². The van der Waals surface area contributed by atoms with Crippen molar-refractivity contribution in [3.8, 4) is 17.2 Å². The molecule has 2 aliphatic heterocycles. The molecule has 0 unspecified atom stereocenters. The molecule has 1 fully saturated rings. The van der Waals surface area contributed by atoms with E-state index in [0.717, 1.165) is 23.6 Å². The van der Waals surface area contributed by atoms with E-state index in [1.54, 1.807) is 10.8 Å². The molecular formula is C29H29FN6O3. The monoisotopic (exact) mass is 528 g/mol. The molecule has 10 heteroatoms. The Balaban J connectivity index is 1.47. The average molecular weight is 529 g/mol. The molecule has 5 N–H and O–H groups in total. The molecule has 1 aromatic heterocycles. The van der Waals surface area contributed by atoms with Gasteiger partial charge in [0.2, 0.25) is 5.43 Å². The molecule has 0 bridgehead atoms. The quantitative estimate of drug-likeness (QED) is 0.168. The van der Waals surface area contributed by atoms with E-state index in [-0.39, 0.29) is 16.9 Å². The number of nitrogens with zero attached hydrogens (tertiary/aromatic N) is 3. The third kappa shape index (κ3) is 4.41. The Morgan fingerprint density at radius 2 is 1.82 bits per heavy atom. The molecule has 2 aliphatic rings. The summed E-state index contributed by atoms with van der Waals surface area (Å²) in [6.45, 7) is 2.20. The molecule has 3 heterocycles. The minimum Gasteiger partial charge on any atom is -0.451 e. The number of fused-ring (bicyclic) bond motifs is 3. The van der Waals surface area contributed by atoms with Gasteiger partial charge >= 0.3 is 0 Å². The highest BCUT2D eigenvalue weighted by Gasteiger charge is 2.31. The second-order valence-corrected chi connectivity index (χ2v) is 9.91. The van der Waals surface area contributed by atoms with Crippen LogP contribution in [0.25, 0.3) is 27.4 Å². The number of anilines is 1. The Hall–Kier alpha value is -4.60. The van der Waals surface area contributed by atoms with Gasteiger partial charge in [-0.2, -0.15) is 0 Å². The summed E-state index contributed by atoms with van der Waals surface area (Å²) in [5.41, 5.74) is 11.6. The van der Waals surface area contributed by atoms with E-state index < -0.39 is 17.2 Å². The van der Waals surface area contributed by atoms with Crippen LogP contribution in [0.15, 0.2) is 58.4 Å². The normalized spacial score (nSPS) is 13.8. The lowest BCUT2D eigenvalue weighted by atomic mass is 10.0. The molecule has 4 aromatic rings. The molecule has 3 aromatic carbocycles. The largest absolute Gasteiger partial charge is 0.451 e. The third-order valence-corrected chi connectivity index (χ3v) is 7.30. The van der Waals surface area contributed by atoms with E-state index in [1.807, 2.05) is 41.3 Å². The van der Waals surface area contributed by atoms with Crippen molar-refractivity contribution in [1.29, 1.82) is 0 Å². The Morgan fingerprint density at radius 1 is 1.08 bits per heavy atom. The molecular weight excluding hydrogens is 499 g/mol. The Labute approximate surface area is 223 Å². The van der Waals surface area contributed by atoms with Gasteiger partial charge in [0.15, 0.2) is 23.3 Å². The zero-order chi connectivity index (χ0) is 27.1. The van der Waals surface area contributed by atoms with Crippen LogP contribution < -0.4 is 31.8 Å². The van der Waals surface area contributed by atoms with Crippen LogP contribution in [0.4, 0.5) is 10.1 Å². The fourth-order valence-electron chi connectivity index (χ4n) is 5.43. The van der Waals surface area contributed by atoms with Crippen LogP contribution in [0, 0.1) is 5.82 Å². The second-order valence-electron chi connectivity index (χ2n) is 9.91. The van der Waals surface area contributed by atoms with Crippen molar-refractivity contribution in [2.24, 2.45) is 16.5 Å². The highest BCUT2D eigenvalue weighted by Crippen LogP contribution is 2.48. The van der Waals surface area contributed by atoms with E-state index in [2.05, 4.69) is 10.3 Å². The van der Waals surface area contributed by atoms with Crippen LogP contribution in [0.5, 0.6) is 11.5 Å². The number of pyridine rings is 1. The highest BCUT2D eigenvalue weighted by molar-refractivity contribution is 6.02. The summed E-state index contributed by atoms with van der Waals surface area (Å²) in [6, 6.07) is 13.0. The first kappa shape index (κ1) is 24.7. The lowest BCUT2D eigenvalue weighted by Gasteiger charge is -2.29. The molecule has 39 heavy (non-hydrogen) atoms. The maximum atomic E-state index is 15.7. The summed E-state index contributed by atoms with van der Waals surface area (Å²) in [6.07, 6.45) is 4.76. The zero-order valence-corrected chi connectivity index (χ0v) is 21.4. The molecule has 6 rings (SSSR count). The number of carbonyl (C=O) groups excluding carboxylic acids is 1. The molecule has 1 saturated heterocycles. The number of benzene rings is 3. The van der Waals surface area contributed by atoms with E-state index in [4.69, 9.17) is 16.2 Å². The standard InChI is InChI=1S/C29H29FN6O3/c30-21-15-19-24-27(25(21)35-11-5-6-12-35)39-23-14-18-8-2-1-7-17(18)13-22(23)36(24)16-20(26(19)37)28(38)33-9-3-4-10-34-29(31)32/h1-2,7-8,13-16H,3-6,9-12H2,(H,33,38)(H4,31,32,34). The van der Waals surface area contributed by atoms with E-state index in [9.17, 15) is 9.59 Å². The molecule has 0 aliphatic carbocycles. The predicted octanol–water partition coefficient (Wildman–Crippen LogP) is 3.77. The number of guanidine groups is 1. The Bertz CT molecular complexity index is 1700. The van der Waals surface area contributed by atoms with Crippen molar-refractivity contribution in [1.82, 2.24) is 9.88 Å². The van der Waals surface area contributed by atoms with Crippen molar-refractivity contribution >= 4 is 39.2 Å². The fourth-order valence-corrected chi connectivity index (χ4v) is 5.43. The molecule has 9 nitrogen and oxygen atoms in total. The van der Waals surface area contributed by atoms with Gasteiger partial charge in [-0.05, 0) is 54.7 Å². The van der Waals surface area contributed by atoms with Crippen LogP contribution in [0.1, 0.15) is 36.0 Å². The van der Waals surface area contributed by atoms with Crippen LogP contribution in [0.2, 0.25) is 0 Å². The van der Waals surface area contributed by atoms with Gasteiger partial charge in [-0.25, -0.2) is 4.39 Å². The smallest absolute Gasteiger partial charge is 0.256 e. The Kier molecular flexibility index (Phi) is 6.30. The summed E-state index contributed by atoms with van der Waals surface area (Å²) in [5, 5.41) is 4.85. The number of aromatic nitrogens is 1. The summed E-state index contributed by atoms with van der Waals surface area (Å²) < 4.78 is 23.9. The summed E-state index contributed by atoms with van der Waals surface area (Å²) in [7, 11) is 0. The van der Waals surface area contributed by atoms with Gasteiger partial charge in [-0.1, -0.05) is 24.3 Å². The molecule has 0 saturated carbocycles. The second kappa shape index (κ2) is 9.94. The number of hydrogen-bond donors (Lipinski definition) is 3. The van der Waals surface area contributed by atoms with E-state index >= 15 is 4.39 Å². The van der Waals surface area contributed by atoms with Crippen molar-refractivity contribution in [2.45, 2.75) is 25.7 Å². The van der Waals surface area contributed by atoms with Crippen LogP contribution in [0.3, 0.4) is 0 Å². The molecule has 200 valence electrons. The number of ether oxygens (including phenoxy) is 1. The van der Waals surface area contributed by atoms with Gasteiger partial charge in [0.05, 0.1) is 11.1 Å². The molecule has 1 amide bonds. The molecule has 0 radical (unpaired) electrons. The topological polar surface area (TPSA) is 128 Å². The van der Waals surface area contributed by atoms with Crippen molar-refractivity contribution < 1.29 is 13.9 Å². The van der Waals surface area contributed by atoms with Gasteiger partial charge in [-0.15, -0.1) is 0 Å². The van der Waals surface area contributed by atoms with E-state index in [0.29, 0.717) is 67.4 Å². The summed E-state index contributed by atoms with van der Waals surface area (Å²) >= 11 is 0. The molecule has 0 atom stereocenters. The van der Waals surface area contributed by atoms with E-state index in [1.165, 1.54) is 6.07 Å². The minimum absolute atomic E-state index is 0.0220. The Morgan fingerprint density at radius 3 is 2.56 bits per heavy atom. The fraction of sp³-hybridized carbons (Fsp3) is 0.276. The number of rotatable bonds is 7. The van der Waals surface area contributed by atoms with Crippen LogP contribution in [-0.4, -0.2) is 42.6 Å². The van der Waals surface area contributed by atoms with Gasteiger partial charge in [-0.3, -0.25) is 14.6 Å². The summed E-state index contributed by atoms with van der Waals surface area (Å²) in [4.78, 5) is 32.7.